The molecule has 0 aliphatic carbocycles. The van der Waals surface area contributed by atoms with Gasteiger partial charge < -0.3 is 20.1 Å². The highest BCUT2D eigenvalue weighted by atomic mass is 32.2. The molecular weight excluding hydrogens is 368 g/mol. The van der Waals surface area contributed by atoms with E-state index in [9.17, 15) is 19.2 Å². The van der Waals surface area contributed by atoms with Crippen LogP contribution in [0.25, 0.3) is 0 Å². The van der Waals surface area contributed by atoms with Crippen LogP contribution in [-0.2, 0) is 28.7 Å². The van der Waals surface area contributed by atoms with Gasteiger partial charge in [0, 0.05) is 6.42 Å². The molecule has 2 N–H and O–H groups in total. The molecule has 0 radical (unpaired) electrons. The van der Waals surface area contributed by atoms with Crippen molar-refractivity contribution in [1.82, 2.24) is 10.6 Å². The topological polar surface area (TPSA) is 111 Å². The number of amides is 2. The minimum absolute atomic E-state index is 0.108. The Balaban J connectivity index is 2.38. The zero-order valence-electron chi connectivity index (χ0n) is 13.8. The van der Waals surface area contributed by atoms with Crippen molar-refractivity contribution in [2.75, 3.05) is 24.7 Å². The highest BCUT2D eigenvalue weighted by molar-refractivity contribution is 8.04. The van der Waals surface area contributed by atoms with Crippen molar-refractivity contribution >= 4 is 47.3 Å². The van der Waals surface area contributed by atoms with Crippen LogP contribution in [0.1, 0.15) is 20.3 Å². The van der Waals surface area contributed by atoms with Gasteiger partial charge in [-0.15, -0.1) is 0 Å². The molecule has 10 heteroatoms. The van der Waals surface area contributed by atoms with Crippen molar-refractivity contribution in [2.24, 2.45) is 0 Å². The van der Waals surface area contributed by atoms with Crippen LogP contribution < -0.4 is 10.6 Å². The lowest BCUT2D eigenvalue weighted by Crippen LogP contribution is -2.22. The lowest BCUT2D eigenvalue weighted by molar-refractivity contribution is -0.139. The molecule has 2 rings (SSSR count). The number of ether oxygens (including phenoxy) is 2. The maximum Gasteiger partial charge on any atom is 0.337 e. The predicted molar refractivity (Wildman–Crippen MR) is 93.1 cm³/mol. The third-order valence-corrected chi connectivity index (χ3v) is 5.23. The number of thioether (sulfide) groups is 2. The first kappa shape index (κ1) is 19.4. The van der Waals surface area contributed by atoms with Gasteiger partial charge in [-0.05, 0) is 13.8 Å². The first-order valence-corrected chi connectivity index (χ1v) is 9.59. The lowest BCUT2D eigenvalue weighted by atomic mass is 10.1. The van der Waals surface area contributed by atoms with E-state index in [1.807, 2.05) is 0 Å². The van der Waals surface area contributed by atoms with E-state index in [4.69, 9.17) is 9.47 Å². The van der Waals surface area contributed by atoms with Crippen LogP contribution in [0.3, 0.4) is 0 Å². The molecule has 2 fully saturated rings. The van der Waals surface area contributed by atoms with Crippen LogP contribution >= 0.6 is 23.5 Å². The van der Waals surface area contributed by atoms with Gasteiger partial charge in [-0.25, -0.2) is 9.59 Å². The highest BCUT2D eigenvalue weighted by Gasteiger charge is 2.30. The average molecular weight is 386 g/mol. The zero-order chi connectivity index (χ0) is 18.4. The number of carbonyl (C=O) groups is 4. The molecule has 0 spiro atoms. The Bertz CT molecular complexity index is 615. The summed E-state index contributed by atoms with van der Waals surface area (Å²) in [5, 5.41) is 5.93. The number of rotatable bonds is 6. The Morgan fingerprint density at radius 1 is 0.880 bits per heavy atom. The van der Waals surface area contributed by atoms with Crippen molar-refractivity contribution < 1.29 is 28.7 Å². The summed E-state index contributed by atoms with van der Waals surface area (Å²) in [7, 11) is 0. The van der Waals surface area contributed by atoms with E-state index in [-0.39, 0.29) is 54.1 Å². The van der Waals surface area contributed by atoms with E-state index in [0.29, 0.717) is 10.1 Å². The molecule has 8 nitrogen and oxygen atoms in total. The average Bonchev–Trinajstić information content (AvgIpc) is 3.17. The summed E-state index contributed by atoms with van der Waals surface area (Å²) in [4.78, 5) is 47.6. The summed E-state index contributed by atoms with van der Waals surface area (Å²) in [6, 6.07) is 0. The van der Waals surface area contributed by atoms with Gasteiger partial charge >= 0.3 is 11.9 Å². The molecule has 2 aliphatic rings. The van der Waals surface area contributed by atoms with Crippen LogP contribution in [0.4, 0.5) is 0 Å². The Kier molecular flexibility index (Phi) is 6.94. The number of hydrogen-bond donors (Lipinski definition) is 2. The Morgan fingerprint density at radius 3 is 1.56 bits per heavy atom. The minimum Gasteiger partial charge on any atom is -0.463 e. The number of nitrogens with one attached hydrogen (secondary N) is 2. The summed E-state index contributed by atoms with van der Waals surface area (Å²) >= 11 is 2.34. The Labute approximate surface area is 153 Å². The van der Waals surface area contributed by atoms with E-state index in [0.717, 1.165) is 0 Å². The molecule has 0 aromatic heterocycles. The second-order valence-corrected chi connectivity index (χ2v) is 6.88. The van der Waals surface area contributed by atoms with Gasteiger partial charge in [0.05, 0.1) is 45.9 Å². The van der Waals surface area contributed by atoms with Crippen LogP contribution in [0, 0.1) is 0 Å². The maximum absolute atomic E-state index is 12.3. The molecule has 0 aromatic rings. The van der Waals surface area contributed by atoms with Gasteiger partial charge in [0.1, 0.15) is 0 Å². The largest absolute Gasteiger partial charge is 0.463 e. The molecule has 2 aliphatic heterocycles. The molecule has 0 bridgehead atoms. The lowest BCUT2D eigenvalue weighted by Gasteiger charge is -2.14. The molecule has 0 unspecified atom stereocenters. The quantitative estimate of drug-likeness (QED) is 0.506. The molecule has 2 amide bonds. The summed E-state index contributed by atoms with van der Waals surface area (Å²) in [5.74, 6) is -1.32. The third-order valence-electron chi connectivity index (χ3n) is 3.15. The second-order valence-electron chi connectivity index (χ2n) is 4.91. The summed E-state index contributed by atoms with van der Waals surface area (Å²) in [6.45, 7) is 3.65. The van der Waals surface area contributed by atoms with Gasteiger partial charge in [0.15, 0.2) is 0 Å². The molecule has 2 heterocycles. The number of esters is 2. The molecule has 0 aromatic carbocycles. The fraction of sp³-hybridized carbons (Fsp3) is 0.467. The number of carbonyl (C=O) groups excluding carboxylic acids is 4. The third kappa shape index (κ3) is 5.02. The molecular formula is C15H18N2O6S2. The van der Waals surface area contributed by atoms with Gasteiger partial charge in [0.25, 0.3) is 0 Å². The van der Waals surface area contributed by atoms with E-state index >= 15 is 0 Å². The first-order valence-electron chi connectivity index (χ1n) is 7.62. The maximum atomic E-state index is 12.3. The smallest absolute Gasteiger partial charge is 0.337 e. The van der Waals surface area contributed by atoms with E-state index in [1.54, 1.807) is 13.8 Å². The van der Waals surface area contributed by atoms with Crippen molar-refractivity contribution in [3.63, 3.8) is 0 Å². The Hall–Kier alpha value is -1.94. The highest BCUT2D eigenvalue weighted by Crippen LogP contribution is 2.32. The summed E-state index contributed by atoms with van der Waals surface area (Å²) in [5.41, 5.74) is 0.324. The first-order chi connectivity index (χ1) is 12.0. The summed E-state index contributed by atoms with van der Waals surface area (Å²) < 4.78 is 10.1. The Morgan fingerprint density at radius 2 is 1.28 bits per heavy atom. The van der Waals surface area contributed by atoms with E-state index in [1.165, 1.54) is 23.5 Å². The van der Waals surface area contributed by atoms with Crippen molar-refractivity contribution in [3.05, 3.63) is 21.2 Å². The fourth-order valence-corrected chi connectivity index (χ4v) is 3.83. The van der Waals surface area contributed by atoms with Crippen molar-refractivity contribution in [3.8, 4) is 0 Å². The van der Waals surface area contributed by atoms with Crippen LogP contribution in [-0.4, -0.2) is 48.5 Å². The van der Waals surface area contributed by atoms with Gasteiger partial charge in [-0.3, -0.25) is 9.59 Å². The molecule has 136 valence electrons. The SMILES string of the molecule is CCOC(=O)C(CC(C(=O)OCC)=C1NC(=O)CS1)=C1NC(=O)CS1. The summed E-state index contributed by atoms with van der Waals surface area (Å²) in [6.07, 6.45) is -0.108. The van der Waals surface area contributed by atoms with Crippen LogP contribution in [0.5, 0.6) is 0 Å². The van der Waals surface area contributed by atoms with Gasteiger partial charge in [-0.1, -0.05) is 23.5 Å². The fourth-order valence-electron chi connectivity index (χ4n) is 2.10. The van der Waals surface area contributed by atoms with E-state index < -0.39 is 11.9 Å². The zero-order valence-corrected chi connectivity index (χ0v) is 15.4. The van der Waals surface area contributed by atoms with Gasteiger partial charge in [-0.2, -0.15) is 0 Å². The molecule has 25 heavy (non-hydrogen) atoms. The second kappa shape index (κ2) is 8.95. The van der Waals surface area contributed by atoms with Crippen LogP contribution in [0.2, 0.25) is 0 Å². The molecule has 2 saturated heterocycles. The molecule has 0 saturated carbocycles. The van der Waals surface area contributed by atoms with Crippen molar-refractivity contribution in [2.45, 2.75) is 20.3 Å². The standard InChI is InChI=1S/C15H18N2O6S2/c1-3-22-14(20)8(12-16-10(18)6-24-12)5-9(15(21)23-4-2)13-17-11(19)7-25-13/h3-7H2,1-2H3,(H,16,18)(H,17,19). The van der Waals surface area contributed by atoms with E-state index in [2.05, 4.69) is 10.6 Å². The normalized spacial score (nSPS) is 20.7. The minimum atomic E-state index is -0.621. The monoisotopic (exact) mass is 386 g/mol. The predicted octanol–water partition coefficient (Wildman–Crippen LogP) is 0.652. The molecule has 0 atom stereocenters. The van der Waals surface area contributed by atoms with Gasteiger partial charge in [0.2, 0.25) is 11.8 Å². The van der Waals surface area contributed by atoms with Crippen LogP contribution in [0.15, 0.2) is 21.2 Å². The number of hydrogen-bond acceptors (Lipinski definition) is 8. The van der Waals surface area contributed by atoms with Crippen molar-refractivity contribution in [1.29, 1.82) is 0 Å².